The number of anilines is 1. The first kappa shape index (κ1) is 13.6. The number of nitrogens with one attached hydrogen (secondary N) is 1. The lowest BCUT2D eigenvalue weighted by atomic mass is 10.1. The zero-order chi connectivity index (χ0) is 14.2. The molecule has 1 N–H and O–H groups in total. The Morgan fingerprint density at radius 2 is 1.84 bits per heavy atom. The molecule has 2 nitrogen and oxygen atoms in total. The number of halogens is 3. The molecule has 0 bridgehead atoms. The molecular weight excluding hydrogens is 253 g/mol. The molecule has 1 aromatic heterocycles. The summed E-state index contributed by atoms with van der Waals surface area (Å²) in [6, 6.07) is 0.991. The van der Waals surface area contributed by atoms with Crippen molar-refractivity contribution in [2.24, 2.45) is 0 Å². The Balaban J connectivity index is 2.80. The number of aryl methyl sites for hydroxylation is 1. The summed E-state index contributed by atoms with van der Waals surface area (Å²) in [4.78, 5) is 4.02. The highest BCUT2D eigenvalue weighted by molar-refractivity contribution is 5.93. The van der Waals surface area contributed by atoms with Gasteiger partial charge < -0.3 is 5.32 Å². The van der Waals surface area contributed by atoms with Gasteiger partial charge in [0, 0.05) is 23.3 Å². The molecule has 0 aliphatic rings. The van der Waals surface area contributed by atoms with Crippen LogP contribution in [0.3, 0.4) is 0 Å². The summed E-state index contributed by atoms with van der Waals surface area (Å²) < 4.78 is 40.4. The molecular formula is C14H15F3N2. The van der Waals surface area contributed by atoms with Gasteiger partial charge in [-0.15, -0.1) is 0 Å². The number of fused-ring (bicyclic) bond motifs is 1. The lowest BCUT2D eigenvalue weighted by Gasteiger charge is -2.15. The monoisotopic (exact) mass is 268 g/mol. The summed E-state index contributed by atoms with van der Waals surface area (Å²) >= 11 is 0. The van der Waals surface area contributed by atoms with E-state index in [0.29, 0.717) is 17.9 Å². The molecule has 2 rings (SSSR count). The van der Waals surface area contributed by atoms with Crippen molar-refractivity contribution in [3.8, 4) is 0 Å². The molecule has 0 unspecified atom stereocenters. The SMILES string of the molecule is CCCNc1c(C)c(C)nc2c(F)c(F)c(F)cc12. The number of nitrogens with zero attached hydrogens (tertiary/aromatic N) is 1. The van der Waals surface area contributed by atoms with Crippen LogP contribution >= 0.6 is 0 Å². The molecule has 19 heavy (non-hydrogen) atoms. The van der Waals surface area contributed by atoms with Crippen molar-refractivity contribution in [3.05, 3.63) is 34.8 Å². The Kier molecular flexibility index (Phi) is 3.64. The molecule has 1 heterocycles. The van der Waals surface area contributed by atoms with Crippen molar-refractivity contribution in [1.29, 1.82) is 0 Å². The second kappa shape index (κ2) is 5.07. The predicted molar refractivity (Wildman–Crippen MR) is 69.9 cm³/mol. The third kappa shape index (κ3) is 2.25. The molecule has 0 radical (unpaired) electrons. The summed E-state index contributed by atoms with van der Waals surface area (Å²) in [5.41, 5.74) is 1.88. The molecule has 5 heteroatoms. The predicted octanol–water partition coefficient (Wildman–Crippen LogP) is 4.09. The average Bonchev–Trinajstić information content (AvgIpc) is 2.39. The van der Waals surface area contributed by atoms with E-state index in [1.54, 1.807) is 6.92 Å². The minimum Gasteiger partial charge on any atom is -0.384 e. The molecule has 2 aromatic rings. The molecule has 0 fully saturated rings. The molecule has 0 aliphatic heterocycles. The summed E-state index contributed by atoms with van der Waals surface area (Å²) in [6.45, 7) is 6.19. The second-order valence-electron chi connectivity index (χ2n) is 4.51. The topological polar surface area (TPSA) is 24.9 Å². The molecule has 0 spiro atoms. The molecule has 0 amide bonds. The van der Waals surface area contributed by atoms with Crippen LogP contribution in [-0.4, -0.2) is 11.5 Å². The highest BCUT2D eigenvalue weighted by atomic mass is 19.2. The second-order valence-corrected chi connectivity index (χ2v) is 4.51. The first-order valence-corrected chi connectivity index (χ1v) is 6.15. The lowest BCUT2D eigenvalue weighted by Crippen LogP contribution is -2.06. The van der Waals surface area contributed by atoms with Crippen LogP contribution in [0.15, 0.2) is 6.07 Å². The Bertz CT molecular complexity index is 639. The van der Waals surface area contributed by atoms with Gasteiger partial charge in [-0.1, -0.05) is 6.92 Å². The maximum Gasteiger partial charge on any atom is 0.196 e. The maximum absolute atomic E-state index is 13.8. The third-order valence-electron chi connectivity index (χ3n) is 3.15. The zero-order valence-corrected chi connectivity index (χ0v) is 11.1. The number of aromatic nitrogens is 1. The van der Waals surface area contributed by atoms with E-state index in [4.69, 9.17) is 0 Å². The van der Waals surface area contributed by atoms with Crippen molar-refractivity contribution in [2.45, 2.75) is 27.2 Å². The molecule has 0 aliphatic carbocycles. The van der Waals surface area contributed by atoms with Crippen molar-refractivity contribution >= 4 is 16.6 Å². The van der Waals surface area contributed by atoms with E-state index in [0.717, 1.165) is 18.1 Å². The number of pyridine rings is 1. The van der Waals surface area contributed by atoms with Crippen LogP contribution in [0.1, 0.15) is 24.6 Å². The van der Waals surface area contributed by atoms with Crippen LogP contribution in [-0.2, 0) is 0 Å². The summed E-state index contributed by atoms with van der Waals surface area (Å²) in [5.74, 6) is -3.92. The molecule has 102 valence electrons. The van der Waals surface area contributed by atoms with Gasteiger partial charge in [-0.3, -0.25) is 0 Å². The van der Waals surface area contributed by atoms with Crippen molar-refractivity contribution in [2.75, 3.05) is 11.9 Å². The van der Waals surface area contributed by atoms with Crippen molar-refractivity contribution in [1.82, 2.24) is 4.98 Å². The first-order valence-electron chi connectivity index (χ1n) is 6.15. The first-order chi connectivity index (χ1) is 8.97. The summed E-state index contributed by atoms with van der Waals surface area (Å²) in [6.07, 6.45) is 0.870. The molecule has 0 saturated carbocycles. The van der Waals surface area contributed by atoms with E-state index in [9.17, 15) is 13.2 Å². The van der Waals surface area contributed by atoms with Gasteiger partial charge in [0.25, 0.3) is 0 Å². The van der Waals surface area contributed by atoms with Crippen molar-refractivity contribution < 1.29 is 13.2 Å². The van der Waals surface area contributed by atoms with E-state index < -0.39 is 17.5 Å². The van der Waals surface area contributed by atoms with Gasteiger partial charge in [-0.05, 0) is 31.9 Å². The fourth-order valence-corrected chi connectivity index (χ4v) is 2.00. The van der Waals surface area contributed by atoms with E-state index in [2.05, 4.69) is 10.3 Å². The summed E-state index contributed by atoms with van der Waals surface area (Å²) in [7, 11) is 0. The normalized spacial score (nSPS) is 11.1. The van der Waals surface area contributed by atoms with E-state index >= 15 is 0 Å². The Morgan fingerprint density at radius 3 is 2.47 bits per heavy atom. The van der Waals surface area contributed by atoms with Crippen LogP contribution in [0, 0.1) is 31.3 Å². The minimum absolute atomic E-state index is 0.138. The standard InChI is InChI=1S/C14H15F3N2/c1-4-5-18-13-7(2)8(3)19-14-9(13)6-10(15)11(16)12(14)17/h6H,4-5H2,1-3H3,(H,18,19). The number of benzene rings is 1. The van der Waals surface area contributed by atoms with Gasteiger partial charge in [0.05, 0.1) is 0 Å². The quantitative estimate of drug-likeness (QED) is 0.848. The van der Waals surface area contributed by atoms with Crippen molar-refractivity contribution in [3.63, 3.8) is 0 Å². The van der Waals surface area contributed by atoms with Gasteiger partial charge in [0.1, 0.15) is 5.52 Å². The molecule has 0 saturated heterocycles. The smallest absolute Gasteiger partial charge is 0.196 e. The highest BCUT2D eigenvalue weighted by Gasteiger charge is 2.19. The van der Waals surface area contributed by atoms with E-state index in [1.807, 2.05) is 13.8 Å². The lowest BCUT2D eigenvalue weighted by molar-refractivity contribution is 0.452. The van der Waals surface area contributed by atoms with Crippen LogP contribution < -0.4 is 5.32 Å². The van der Waals surface area contributed by atoms with Gasteiger partial charge in [0.15, 0.2) is 17.5 Å². The van der Waals surface area contributed by atoms with Crippen LogP contribution in [0.5, 0.6) is 0 Å². The summed E-state index contributed by atoms with van der Waals surface area (Å²) in [5, 5.41) is 3.40. The van der Waals surface area contributed by atoms with Crippen LogP contribution in [0.4, 0.5) is 18.9 Å². The van der Waals surface area contributed by atoms with E-state index in [1.165, 1.54) is 0 Å². The zero-order valence-electron chi connectivity index (χ0n) is 11.1. The van der Waals surface area contributed by atoms with Gasteiger partial charge >= 0.3 is 0 Å². The number of rotatable bonds is 3. The van der Waals surface area contributed by atoms with Gasteiger partial charge in [-0.2, -0.15) is 0 Å². The van der Waals surface area contributed by atoms with Gasteiger partial charge in [-0.25, -0.2) is 18.2 Å². The Morgan fingerprint density at radius 1 is 1.16 bits per heavy atom. The third-order valence-corrected chi connectivity index (χ3v) is 3.15. The van der Waals surface area contributed by atoms with Crippen LogP contribution in [0.2, 0.25) is 0 Å². The fraction of sp³-hybridized carbons (Fsp3) is 0.357. The highest BCUT2D eigenvalue weighted by Crippen LogP contribution is 2.31. The fourth-order valence-electron chi connectivity index (χ4n) is 2.00. The van der Waals surface area contributed by atoms with Gasteiger partial charge in [0.2, 0.25) is 0 Å². The largest absolute Gasteiger partial charge is 0.384 e. The van der Waals surface area contributed by atoms with Crippen LogP contribution in [0.25, 0.3) is 10.9 Å². The molecule has 1 aromatic carbocycles. The Hall–Kier alpha value is -1.78. The van der Waals surface area contributed by atoms with E-state index in [-0.39, 0.29) is 10.9 Å². The number of hydrogen-bond acceptors (Lipinski definition) is 2. The Labute approximate surface area is 109 Å². The minimum atomic E-state index is -1.48. The maximum atomic E-state index is 13.8. The average molecular weight is 268 g/mol. The molecule has 0 atom stereocenters. The number of hydrogen-bond donors (Lipinski definition) is 1.